The first kappa shape index (κ1) is 17.5. The van der Waals surface area contributed by atoms with Crippen molar-refractivity contribution in [2.75, 3.05) is 13.1 Å². The fourth-order valence-electron chi connectivity index (χ4n) is 4.69. The second-order valence-electron chi connectivity index (χ2n) is 8.67. The quantitative estimate of drug-likeness (QED) is 0.921. The Morgan fingerprint density at radius 1 is 1.31 bits per heavy atom. The maximum absolute atomic E-state index is 12.5. The molecule has 2 aromatic rings. The monoisotopic (exact) mass is 355 g/mol. The zero-order valence-electron chi connectivity index (χ0n) is 16.0. The zero-order chi connectivity index (χ0) is 18.5. The van der Waals surface area contributed by atoms with E-state index in [0.717, 1.165) is 43.7 Å². The number of fused-ring (bicyclic) bond motifs is 1. The van der Waals surface area contributed by atoms with Gasteiger partial charge in [0, 0.05) is 43.3 Å². The lowest BCUT2D eigenvalue weighted by atomic mass is 9.71. The first-order valence-electron chi connectivity index (χ1n) is 9.75. The molecule has 2 aliphatic rings. The third-order valence-electron chi connectivity index (χ3n) is 6.22. The molecule has 0 unspecified atom stereocenters. The number of likely N-dealkylation sites (tertiary alicyclic amines) is 1. The number of rotatable bonds is 3. The van der Waals surface area contributed by atoms with Crippen molar-refractivity contribution in [3.63, 3.8) is 0 Å². The van der Waals surface area contributed by atoms with Crippen LogP contribution in [0.2, 0.25) is 0 Å². The predicted molar refractivity (Wildman–Crippen MR) is 102 cm³/mol. The second kappa shape index (κ2) is 6.38. The average molecular weight is 355 g/mol. The van der Waals surface area contributed by atoms with Gasteiger partial charge in [-0.1, -0.05) is 0 Å². The minimum atomic E-state index is -0.627. The highest BCUT2D eigenvalue weighted by Crippen LogP contribution is 2.39. The Labute approximate surface area is 155 Å². The van der Waals surface area contributed by atoms with Gasteiger partial charge in [-0.15, -0.1) is 0 Å². The van der Waals surface area contributed by atoms with Crippen LogP contribution in [-0.4, -0.2) is 44.2 Å². The molecule has 2 fully saturated rings. The van der Waals surface area contributed by atoms with Crippen LogP contribution in [0, 0.1) is 18.8 Å². The van der Waals surface area contributed by atoms with Crippen molar-refractivity contribution < 1.29 is 9.90 Å². The molecule has 0 radical (unpaired) electrons. The summed E-state index contributed by atoms with van der Waals surface area (Å²) in [4.78, 5) is 19.4. The Hall–Kier alpha value is -1.88. The summed E-state index contributed by atoms with van der Waals surface area (Å²) in [7, 11) is 2.05. The highest BCUT2D eigenvalue weighted by Gasteiger charge is 2.44. The molecule has 0 aromatic carbocycles. The highest BCUT2D eigenvalue weighted by atomic mass is 16.3. The van der Waals surface area contributed by atoms with Crippen LogP contribution >= 0.6 is 0 Å². The van der Waals surface area contributed by atoms with Crippen molar-refractivity contribution in [2.24, 2.45) is 18.9 Å². The maximum atomic E-state index is 12.5. The third kappa shape index (κ3) is 3.25. The van der Waals surface area contributed by atoms with Gasteiger partial charge in [0.1, 0.15) is 5.65 Å². The SMILES string of the molecule is Cc1cn(C)c2nc(CC3CCN(C(=O)[C@H]4C[C@@](C)(O)C4)CC3)ccc12. The molecule has 3 heterocycles. The summed E-state index contributed by atoms with van der Waals surface area (Å²) < 4.78 is 2.10. The fourth-order valence-corrected chi connectivity index (χ4v) is 4.69. The van der Waals surface area contributed by atoms with E-state index in [1.54, 1.807) is 0 Å². The molecule has 4 rings (SSSR count). The Kier molecular flexibility index (Phi) is 4.30. The topological polar surface area (TPSA) is 58.4 Å². The van der Waals surface area contributed by atoms with Gasteiger partial charge in [0.25, 0.3) is 0 Å². The van der Waals surface area contributed by atoms with Crippen molar-refractivity contribution >= 4 is 16.9 Å². The number of piperidine rings is 1. The minimum absolute atomic E-state index is 0.0335. The average Bonchev–Trinajstić information content (AvgIpc) is 2.87. The van der Waals surface area contributed by atoms with Crippen LogP contribution in [0.5, 0.6) is 0 Å². The van der Waals surface area contributed by atoms with Crippen LogP contribution in [0.25, 0.3) is 11.0 Å². The minimum Gasteiger partial charge on any atom is -0.390 e. The number of pyridine rings is 1. The number of hydrogen-bond acceptors (Lipinski definition) is 3. The first-order valence-corrected chi connectivity index (χ1v) is 9.75. The van der Waals surface area contributed by atoms with Crippen molar-refractivity contribution in [1.82, 2.24) is 14.5 Å². The lowest BCUT2D eigenvalue weighted by molar-refractivity contribution is -0.151. The number of aromatic nitrogens is 2. The van der Waals surface area contributed by atoms with E-state index in [2.05, 4.69) is 29.8 Å². The van der Waals surface area contributed by atoms with Gasteiger partial charge < -0.3 is 14.6 Å². The van der Waals surface area contributed by atoms with Crippen molar-refractivity contribution in [2.45, 2.75) is 51.6 Å². The molecule has 1 aliphatic carbocycles. The maximum Gasteiger partial charge on any atom is 0.225 e. The smallest absolute Gasteiger partial charge is 0.225 e. The van der Waals surface area contributed by atoms with Gasteiger partial charge in [0.2, 0.25) is 5.91 Å². The molecule has 140 valence electrons. The van der Waals surface area contributed by atoms with E-state index in [0.29, 0.717) is 18.8 Å². The van der Waals surface area contributed by atoms with E-state index in [1.165, 1.54) is 10.9 Å². The number of carbonyl (C=O) groups is 1. The number of hydrogen-bond donors (Lipinski definition) is 1. The molecule has 1 N–H and O–H groups in total. The largest absolute Gasteiger partial charge is 0.390 e. The van der Waals surface area contributed by atoms with Crippen molar-refractivity contribution in [1.29, 1.82) is 0 Å². The van der Waals surface area contributed by atoms with Crippen LogP contribution in [0.4, 0.5) is 0 Å². The lowest BCUT2D eigenvalue weighted by Gasteiger charge is -2.43. The van der Waals surface area contributed by atoms with E-state index >= 15 is 0 Å². The van der Waals surface area contributed by atoms with Crippen LogP contribution in [-0.2, 0) is 18.3 Å². The summed E-state index contributed by atoms with van der Waals surface area (Å²) in [5.41, 5.74) is 2.85. The van der Waals surface area contributed by atoms with Crippen LogP contribution in [0.3, 0.4) is 0 Å². The summed E-state index contributed by atoms with van der Waals surface area (Å²) in [6, 6.07) is 4.34. The molecule has 1 aliphatic heterocycles. The molecule has 0 bridgehead atoms. The van der Waals surface area contributed by atoms with Crippen molar-refractivity contribution in [3.8, 4) is 0 Å². The van der Waals surface area contributed by atoms with Crippen LogP contribution in [0.15, 0.2) is 18.3 Å². The van der Waals surface area contributed by atoms with Gasteiger partial charge in [0.05, 0.1) is 5.60 Å². The van der Waals surface area contributed by atoms with E-state index in [-0.39, 0.29) is 11.8 Å². The summed E-state index contributed by atoms with van der Waals surface area (Å²) in [5, 5.41) is 11.1. The van der Waals surface area contributed by atoms with Gasteiger partial charge in [-0.2, -0.15) is 0 Å². The van der Waals surface area contributed by atoms with E-state index in [9.17, 15) is 9.90 Å². The normalized spacial score (nSPS) is 26.9. The Bertz CT molecular complexity index is 823. The van der Waals surface area contributed by atoms with E-state index in [4.69, 9.17) is 4.98 Å². The Balaban J connectivity index is 1.34. The molecular formula is C21H29N3O2. The number of aryl methyl sites for hydroxylation is 2. The number of aliphatic hydroxyl groups is 1. The molecule has 0 atom stereocenters. The summed E-state index contributed by atoms with van der Waals surface area (Å²) in [6.45, 7) is 5.63. The number of amides is 1. The van der Waals surface area contributed by atoms with Gasteiger partial charge >= 0.3 is 0 Å². The third-order valence-corrected chi connectivity index (χ3v) is 6.22. The predicted octanol–water partition coefficient (Wildman–Crippen LogP) is 2.82. The first-order chi connectivity index (χ1) is 12.3. The number of carbonyl (C=O) groups excluding carboxylic acids is 1. The van der Waals surface area contributed by atoms with Gasteiger partial charge in [-0.25, -0.2) is 4.98 Å². The Morgan fingerprint density at radius 2 is 2.00 bits per heavy atom. The Morgan fingerprint density at radius 3 is 2.65 bits per heavy atom. The summed E-state index contributed by atoms with van der Waals surface area (Å²) >= 11 is 0. The molecule has 1 amide bonds. The second-order valence-corrected chi connectivity index (χ2v) is 8.67. The summed E-state index contributed by atoms with van der Waals surface area (Å²) in [6.07, 6.45) is 6.43. The van der Waals surface area contributed by atoms with E-state index in [1.807, 2.05) is 18.9 Å². The van der Waals surface area contributed by atoms with Crippen molar-refractivity contribution in [3.05, 3.63) is 29.6 Å². The molecular weight excluding hydrogens is 326 g/mol. The highest BCUT2D eigenvalue weighted by molar-refractivity contribution is 5.81. The van der Waals surface area contributed by atoms with Gasteiger partial charge in [0.15, 0.2) is 0 Å². The van der Waals surface area contributed by atoms with Crippen LogP contribution < -0.4 is 0 Å². The molecule has 5 nitrogen and oxygen atoms in total. The zero-order valence-corrected chi connectivity index (χ0v) is 16.0. The standard InChI is InChI=1S/C21H29N3O2/c1-14-13-23(3)19-18(14)5-4-17(22-19)10-15-6-8-24(9-7-15)20(25)16-11-21(2,26)12-16/h4-5,13,15-16,26H,6-12H2,1-3H3/t16-,21+. The van der Waals surface area contributed by atoms with Gasteiger partial charge in [-0.3, -0.25) is 4.79 Å². The molecule has 26 heavy (non-hydrogen) atoms. The number of nitrogens with zero attached hydrogens (tertiary/aromatic N) is 3. The molecule has 2 aromatic heterocycles. The molecule has 1 saturated carbocycles. The van der Waals surface area contributed by atoms with Gasteiger partial charge in [-0.05, 0) is 69.6 Å². The van der Waals surface area contributed by atoms with E-state index < -0.39 is 5.60 Å². The fraction of sp³-hybridized carbons (Fsp3) is 0.619. The van der Waals surface area contributed by atoms with Crippen LogP contribution in [0.1, 0.15) is 43.9 Å². The summed E-state index contributed by atoms with van der Waals surface area (Å²) in [5.74, 6) is 0.870. The lowest BCUT2D eigenvalue weighted by Crippen LogP contribution is -2.51. The molecule has 5 heteroatoms. The molecule has 1 saturated heterocycles. The molecule has 0 spiro atoms.